The van der Waals surface area contributed by atoms with E-state index in [1.165, 1.54) is 0 Å². The minimum Gasteiger partial charge on any atom is -0.452 e. The number of ether oxygens (including phenoxy) is 1. The molecule has 0 unspecified atom stereocenters. The van der Waals surface area contributed by atoms with Gasteiger partial charge >= 0.3 is 16.3 Å². The van der Waals surface area contributed by atoms with Gasteiger partial charge in [0, 0.05) is 0 Å². The monoisotopic (exact) mass is 278 g/mol. The maximum absolute atomic E-state index is 11.7. The lowest BCUT2D eigenvalue weighted by molar-refractivity contribution is 0.177. The van der Waals surface area contributed by atoms with Crippen molar-refractivity contribution in [3.05, 3.63) is 0 Å². The molecule has 1 amide bonds. The van der Waals surface area contributed by atoms with Crippen LogP contribution < -0.4 is 15.2 Å². The quantitative estimate of drug-likeness (QED) is 0.418. The van der Waals surface area contributed by atoms with Crippen LogP contribution in [-0.4, -0.2) is 33.0 Å². The zero-order valence-corrected chi connectivity index (χ0v) is 11.0. The summed E-state index contributed by atoms with van der Waals surface area (Å²) >= 11 is 0. The Balaban J connectivity index is 2.84. The predicted octanol–water partition coefficient (Wildman–Crippen LogP) is -0.184. The Labute approximate surface area is 106 Å². The minimum absolute atomic E-state index is 0.238. The van der Waals surface area contributed by atoms with Crippen molar-refractivity contribution in [2.75, 3.05) is 7.11 Å². The van der Waals surface area contributed by atoms with E-state index < -0.39 is 21.8 Å². The number of methoxy groups -OCH3 is 1. The Kier molecular flexibility index (Phi) is 4.52. The number of nitrogens with one attached hydrogen (secondary N) is 3. The molecule has 0 radical (unpaired) electrons. The van der Waals surface area contributed by atoms with Crippen LogP contribution in [0.25, 0.3) is 0 Å². The van der Waals surface area contributed by atoms with Gasteiger partial charge in [0.1, 0.15) is 5.84 Å². The lowest BCUT2D eigenvalue weighted by Crippen LogP contribution is -2.60. The van der Waals surface area contributed by atoms with Gasteiger partial charge in [0.25, 0.3) is 0 Å². The third kappa shape index (κ3) is 3.57. The van der Waals surface area contributed by atoms with Crippen LogP contribution in [0.1, 0.15) is 32.1 Å². The molecule has 0 heterocycles. The third-order valence-corrected chi connectivity index (χ3v) is 4.05. The van der Waals surface area contributed by atoms with Crippen LogP contribution in [0.3, 0.4) is 0 Å². The maximum atomic E-state index is 11.7. The lowest BCUT2D eigenvalue weighted by Gasteiger charge is -2.36. The molecule has 0 bridgehead atoms. The summed E-state index contributed by atoms with van der Waals surface area (Å²) in [5, 5.41) is 7.55. The molecule has 0 aromatic heterocycles. The third-order valence-electron chi connectivity index (χ3n) is 2.96. The number of nitrogens with two attached hydrogens (primary N) is 1. The zero-order valence-electron chi connectivity index (χ0n) is 10.2. The van der Waals surface area contributed by atoms with Crippen LogP contribution >= 0.6 is 0 Å². The molecule has 9 heteroatoms. The Hall–Kier alpha value is -1.35. The molecule has 1 saturated carbocycles. The van der Waals surface area contributed by atoms with E-state index in [4.69, 9.17) is 11.1 Å². The second-order valence-electron chi connectivity index (χ2n) is 4.26. The first kappa shape index (κ1) is 14.7. The summed E-state index contributed by atoms with van der Waals surface area (Å²) in [5.74, 6) is -0.238. The van der Waals surface area contributed by atoms with Gasteiger partial charge in [0.2, 0.25) is 0 Å². The highest BCUT2D eigenvalue weighted by atomic mass is 32.2. The van der Waals surface area contributed by atoms with Crippen molar-refractivity contribution in [1.29, 1.82) is 5.41 Å². The highest BCUT2D eigenvalue weighted by Crippen LogP contribution is 2.28. The fraction of sp³-hybridized carbons (Fsp3) is 0.778. The number of amides is 1. The number of amidine groups is 1. The molecule has 1 fully saturated rings. The van der Waals surface area contributed by atoms with Crippen molar-refractivity contribution < 1.29 is 17.9 Å². The van der Waals surface area contributed by atoms with E-state index in [-0.39, 0.29) is 5.84 Å². The molecule has 1 aliphatic carbocycles. The van der Waals surface area contributed by atoms with E-state index in [0.29, 0.717) is 12.8 Å². The van der Waals surface area contributed by atoms with Crippen molar-refractivity contribution in [3.8, 4) is 0 Å². The highest BCUT2D eigenvalue weighted by Gasteiger charge is 2.39. The van der Waals surface area contributed by atoms with Crippen molar-refractivity contribution in [3.63, 3.8) is 0 Å². The second kappa shape index (κ2) is 5.53. The number of carbonyl (C=O) groups is 1. The molecule has 0 spiro atoms. The number of hydrogen-bond acceptors (Lipinski definition) is 5. The molecule has 8 nitrogen and oxygen atoms in total. The van der Waals surface area contributed by atoms with Crippen LogP contribution in [0.4, 0.5) is 4.79 Å². The molecule has 0 aliphatic heterocycles. The molecule has 0 aromatic carbocycles. The summed E-state index contributed by atoms with van der Waals surface area (Å²) < 4.78 is 31.6. The fourth-order valence-electron chi connectivity index (χ4n) is 2.02. The maximum Gasteiger partial charge on any atom is 0.421 e. The van der Waals surface area contributed by atoms with Gasteiger partial charge in [-0.3, -0.25) is 5.41 Å². The normalized spacial score (nSPS) is 18.9. The summed E-state index contributed by atoms with van der Waals surface area (Å²) in [7, 11) is -3.03. The second-order valence-corrected chi connectivity index (χ2v) is 5.67. The Morgan fingerprint density at radius 2 is 1.89 bits per heavy atom. The van der Waals surface area contributed by atoms with Gasteiger partial charge in [-0.25, -0.2) is 9.52 Å². The SMILES string of the molecule is COC(=O)NS(=O)(=O)NC1(C(=N)N)CCCCC1. The molecular weight excluding hydrogens is 260 g/mol. The van der Waals surface area contributed by atoms with Gasteiger partial charge in [-0.05, 0) is 12.8 Å². The van der Waals surface area contributed by atoms with Gasteiger partial charge in [-0.1, -0.05) is 19.3 Å². The van der Waals surface area contributed by atoms with Crippen LogP contribution in [0.5, 0.6) is 0 Å². The van der Waals surface area contributed by atoms with Crippen LogP contribution in [0, 0.1) is 5.41 Å². The van der Waals surface area contributed by atoms with E-state index in [1.807, 2.05) is 0 Å². The van der Waals surface area contributed by atoms with E-state index in [9.17, 15) is 13.2 Å². The van der Waals surface area contributed by atoms with E-state index >= 15 is 0 Å². The molecule has 1 aliphatic rings. The van der Waals surface area contributed by atoms with Crippen LogP contribution in [0.2, 0.25) is 0 Å². The molecule has 1 rings (SSSR count). The van der Waals surface area contributed by atoms with E-state index in [2.05, 4.69) is 9.46 Å². The van der Waals surface area contributed by atoms with Gasteiger partial charge in [-0.15, -0.1) is 0 Å². The van der Waals surface area contributed by atoms with Gasteiger partial charge in [0.15, 0.2) is 0 Å². The number of carbonyl (C=O) groups excluding carboxylic acids is 1. The first-order valence-electron chi connectivity index (χ1n) is 5.55. The topological polar surface area (TPSA) is 134 Å². The minimum atomic E-state index is -4.09. The van der Waals surface area contributed by atoms with Crippen molar-refractivity contribution >= 4 is 22.1 Å². The van der Waals surface area contributed by atoms with Crippen molar-refractivity contribution in [2.45, 2.75) is 37.6 Å². The standard InChI is InChI=1S/C9H18N4O4S/c1-17-8(14)12-18(15,16)13-9(7(10)11)5-3-2-4-6-9/h13H,2-6H2,1H3,(H3,10,11)(H,12,14). The highest BCUT2D eigenvalue weighted by molar-refractivity contribution is 7.88. The summed E-state index contributed by atoms with van der Waals surface area (Å²) in [6.07, 6.45) is 2.34. The van der Waals surface area contributed by atoms with E-state index in [0.717, 1.165) is 26.4 Å². The predicted molar refractivity (Wildman–Crippen MR) is 65.3 cm³/mol. The summed E-state index contributed by atoms with van der Waals surface area (Å²) in [6.45, 7) is 0. The van der Waals surface area contributed by atoms with E-state index in [1.54, 1.807) is 4.72 Å². The molecule has 104 valence electrons. The average Bonchev–Trinajstić information content (AvgIpc) is 2.28. The molecule has 5 N–H and O–H groups in total. The Bertz CT molecular complexity index is 428. The molecule has 0 atom stereocenters. The van der Waals surface area contributed by atoms with Crippen molar-refractivity contribution in [1.82, 2.24) is 9.44 Å². The first-order valence-corrected chi connectivity index (χ1v) is 7.04. The smallest absolute Gasteiger partial charge is 0.421 e. The molecule has 0 saturated heterocycles. The van der Waals surface area contributed by atoms with Gasteiger partial charge in [0.05, 0.1) is 12.6 Å². The largest absolute Gasteiger partial charge is 0.452 e. The zero-order chi connectivity index (χ0) is 13.8. The van der Waals surface area contributed by atoms with Gasteiger partial charge in [-0.2, -0.15) is 13.1 Å². The van der Waals surface area contributed by atoms with Crippen LogP contribution in [0.15, 0.2) is 0 Å². The average molecular weight is 278 g/mol. The molecular formula is C9H18N4O4S. The molecule has 18 heavy (non-hydrogen) atoms. The Morgan fingerprint density at radius 3 is 2.33 bits per heavy atom. The number of rotatable bonds is 4. The summed E-state index contributed by atoms with van der Waals surface area (Å²) in [5.41, 5.74) is 4.39. The van der Waals surface area contributed by atoms with Crippen molar-refractivity contribution in [2.24, 2.45) is 5.73 Å². The molecule has 0 aromatic rings. The summed E-state index contributed by atoms with van der Waals surface area (Å²) in [4.78, 5) is 10.9. The summed E-state index contributed by atoms with van der Waals surface area (Å²) in [6, 6.07) is 0. The lowest BCUT2D eigenvalue weighted by atomic mass is 9.82. The first-order chi connectivity index (χ1) is 8.31. The van der Waals surface area contributed by atoms with Gasteiger partial charge < -0.3 is 10.5 Å². The Morgan fingerprint density at radius 1 is 1.33 bits per heavy atom. The van der Waals surface area contributed by atoms with Crippen LogP contribution in [-0.2, 0) is 14.9 Å². The fourth-order valence-corrected chi connectivity index (χ4v) is 3.20. The number of hydrogen-bond donors (Lipinski definition) is 4.